The predicted octanol–water partition coefficient (Wildman–Crippen LogP) is 5.14. The standard InChI is InChI=1S/C17H16F3N/c1-13-9-10-15(17(18,19)20)12-16(13)21-11-5-8-14-6-3-2-4-7-14/h2-10,12,21H,11H2,1H3. The Kier molecular flexibility index (Phi) is 4.68. The molecule has 0 amide bonds. The molecule has 0 saturated carbocycles. The molecule has 0 saturated heterocycles. The van der Waals surface area contributed by atoms with Gasteiger partial charge in [0.25, 0.3) is 0 Å². The third kappa shape index (κ3) is 4.38. The summed E-state index contributed by atoms with van der Waals surface area (Å²) in [6.07, 6.45) is -0.505. The molecular formula is C17H16F3N. The third-order valence-electron chi connectivity index (χ3n) is 3.09. The Morgan fingerprint density at radius 3 is 2.43 bits per heavy atom. The van der Waals surface area contributed by atoms with Gasteiger partial charge in [-0.3, -0.25) is 0 Å². The molecule has 2 aromatic carbocycles. The Labute approximate surface area is 122 Å². The summed E-state index contributed by atoms with van der Waals surface area (Å²) in [4.78, 5) is 0. The van der Waals surface area contributed by atoms with Crippen molar-refractivity contribution >= 4 is 11.8 Å². The van der Waals surface area contributed by atoms with Crippen LogP contribution >= 0.6 is 0 Å². The van der Waals surface area contributed by atoms with Gasteiger partial charge in [0.1, 0.15) is 0 Å². The van der Waals surface area contributed by atoms with Crippen LogP contribution in [-0.4, -0.2) is 6.54 Å². The summed E-state index contributed by atoms with van der Waals surface area (Å²) < 4.78 is 38.0. The summed E-state index contributed by atoms with van der Waals surface area (Å²) >= 11 is 0. The van der Waals surface area contributed by atoms with E-state index in [-0.39, 0.29) is 0 Å². The van der Waals surface area contributed by atoms with Gasteiger partial charge in [-0.25, -0.2) is 0 Å². The number of alkyl halides is 3. The number of hydrogen-bond acceptors (Lipinski definition) is 1. The molecule has 0 atom stereocenters. The first-order chi connectivity index (χ1) is 9.97. The zero-order valence-corrected chi connectivity index (χ0v) is 11.6. The lowest BCUT2D eigenvalue weighted by Gasteiger charge is -2.12. The number of rotatable bonds is 4. The average molecular weight is 291 g/mol. The van der Waals surface area contributed by atoms with E-state index in [1.54, 1.807) is 6.92 Å². The van der Waals surface area contributed by atoms with Crippen molar-refractivity contribution in [3.05, 3.63) is 71.3 Å². The van der Waals surface area contributed by atoms with Gasteiger partial charge >= 0.3 is 6.18 Å². The van der Waals surface area contributed by atoms with Crippen molar-refractivity contribution in [1.82, 2.24) is 0 Å². The van der Waals surface area contributed by atoms with Crippen LogP contribution in [0.25, 0.3) is 6.08 Å². The second-order valence-electron chi connectivity index (χ2n) is 4.72. The second-order valence-corrected chi connectivity index (χ2v) is 4.72. The molecule has 2 rings (SSSR count). The number of nitrogens with one attached hydrogen (secondary N) is 1. The minimum Gasteiger partial charge on any atom is -0.381 e. The zero-order valence-electron chi connectivity index (χ0n) is 11.6. The normalized spacial score (nSPS) is 11.8. The minimum absolute atomic E-state index is 0.469. The summed E-state index contributed by atoms with van der Waals surface area (Å²) in [6, 6.07) is 13.5. The van der Waals surface area contributed by atoms with E-state index in [0.717, 1.165) is 23.3 Å². The molecule has 0 spiro atoms. The largest absolute Gasteiger partial charge is 0.416 e. The van der Waals surface area contributed by atoms with Crippen molar-refractivity contribution in [2.75, 3.05) is 11.9 Å². The van der Waals surface area contributed by atoms with Gasteiger partial charge in [-0.2, -0.15) is 13.2 Å². The Hall–Kier alpha value is -2.23. The Balaban J connectivity index is 2.01. The topological polar surface area (TPSA) is 12.0 Å². The smallest absolute Gasteiger partial charge is 0.381 e. The van der Waals surface area contributed by atoms with E-state index in [2.05, 4.69) is 5.32 Å². The first-order valence-electron chi connectivity index (χ1n) is 6.60. The van der Waals surface area contributed by atoms with E-state index in [4.69, 9.17) is 0 Å². The summed E-state index contributed by atoms with van der Waals surface area (Å²) in [5, 5.41) is 3.01. The van der Waals surface area contributed by atoms with E-state index in [0.29, 0.717) is 12.2 Å². The Bertz CT molecular complexity index is 616. The van der Waals surface area contributed by atoms with Crippen molar-refractivity contribution in [2.24, 2.45) is 0 Å². The van der Waals surface area contributed by atoms with Crippen molar-refractivity contribution in [3.8, 4) is 0 Å². The number of anilines is 1. The van der Waals surface area contributed by atoms with Gasteiger partial charge in [0.2, 0.25) is 0 Å². The molecule has 0 fully saturated rings. The predicted molar refractivity (Wildman–Crippen MR) is 80.1 cm³/mol. The van der Waals surface area contributed by atoms with Crippen LogP contribution in [0.1, 0.15) is 16.7 Å². The number of aryl methyl sites for hydroxylation is 1. The van der Waals surface area contributed by atoms with Gasteiger partial charge in [0.05, 0.1) is 5.56 Å². The van der Waals surface area contributed by atoms with E-state index in [9.17, 15) is 13.2 Å². The molecule has 1 N–H and O–H groups in total. The molecule has 2 aromatic rings. The third-order valence-corrected chi connectivity index (χ3v) is 3.09. The first kappa shape index (κ1) is 15.2. The molecule has 4 heteroatoms. The fraction of sp³-hybridized carbons (Fsp3) is 0.176. The lowest BCUT2D eigenvalue weighted by Crippen LogP contribution is -2.07. The highest BCUT2D eigenvalue weighted by Crippen LogP contribution is 2.31. The molecule has 0 aliphatic heterocycles. The molecule has 110 valence electrons. The fourth-order valence-corrected chi connectivity index (χ4v) is 1.92. The van der Waals surface area contributed by atoms with Crippen LogP contribution < -0.4 is 5.32 Å². The summed E-state index contributed by atoms with van der Waals surface area (Å²) in [6.45, 7) is 2.25. The van der Waals surface area contributed by atoms with Crippen molar-refractivity contribution in [1.29, 1.82) is 0 Å². The lowest BCUT2D eigenvalue weighted by atomic mass is 10.1. The fourth-order valence-electron chi connectivity index (χ4n) is 1.92. The Morgan fingerprint density at radius 1 is 1.05 bits per heavy atom. The number of hydrogen-bond donors (Lipinski definition) is 1. The molecule has 0 aliphatic rings. The minimum atomic E-state index is -4.32. The molecule has 0 radical (unpaired) electrons. The average Bonchev–Trinajstić information content (AvgIpc) is 2.45. The van der Waals surface area contributed by atoms with Gasteiger partial charge in [0, 0.05) is 12.2 Å². The second kappa shape index (κ2) is 6.48. The number of halogens is 3. The number of benzene rings is 2. The Morgan fingerprint density at radius 2 is 1.76 bits per heavy atom. The molecule has 1 nitrogen and oxygen atoms in total. The summed E-state index contributed by atoms with van der Waals surface area (Å²) in [7, 11) is 0. The van der Waals surface area contributed by atoms with Crippen molar-refractivity contribution < 1.29 is 13.2 Å². The quantitative estimate of drug-likeness (QED) is 0.822. The summed E-state index contributed by atoms with van der Waals surface area (Å²) in [5.74, 6) is 0. The highest BCUT2D eigenvalue weighted by molar-refractivity contribution is 5.55. The molecule has 21 heavy (non-hydrogen) atoms. The highest BCUT2D eigenvalue weighted by atomic mass is 19.4. The van der Waals surface area contributed by atoms with Crippen LogP contribution in [-0.2, 0) is 6.18 Å². The molecule has 0 bridgehead atoms. The van der Waals surface area contributed by atoms with Gasteiger partial charge in [-0.05, 0) is 30.2 Å². The monoisotopic (exact) mass is 291 g/mol. The van der Waals surface area contributed by atoms with Gasteiger partial charge in [-0.1, -0.05) is 48.6 Å². The van der Waals surface area contributed by atoms with Gasteiger partial charge < -0.3 is 5.32 Å². The van der Waals surface area contributed by atoms with Crippen molar-refractivity contribution in [2.45, 2.75) is 13.1 Å². The van der Waals surface area contributed by atoms with Crippen molar-refractivity contribution in [3.63, 3.8) is 0 Å². The molecule has 0 aliphatic carbocycles. The van der Waals surface area contributed by atoms with Crippen LogP contribution in [0.5, 0.6) is 0 Å². The highest BCUT2D eigenvalue weighted by Gasteiger charge is 2.30. The lowest BCUT2D eigenvalue weighted by molar-refractivity contribution is -0.137. The SMILES string of the molecule is Cc1ccc(C(F)(F)F)cc1NCC=Cc1ccccc1. The van der Waals surface area contributed by atoms with Gasteiger partial charge in [0.15, 0.2) is 0 Å². The van der Waals surface area contributed by atoms with Crippen LogP contribution in [0.15, 0.2) is 54.6 Å². The molecular weight excluding hydrogens is 275 g/mol. The molecule has 0 unspecified atom stereocenters. The van der Waals surface area contributed by atoms with Crippen LogP contribution in [0.2, 0.25) is 0 Å². The van der Waals surface area contributed by atoms with Crippen LogP contribution in [0, 0.1) is 6.92 Å². The summed E-state index contributed by atoms with van der Waals surface area (Å²) in [5.41, 5.74) is 1.71. The van der Waals surface area contributed by atoms with E-state index < -0.39 is 11.7 Å². The maximum atomic E-state index is 12.7. The van der Waals surface area contributed by atoms with Crippen LogP contribution in [0.3, 0.4) is 0 Å². The van der Waals surface area contributed by atoms with E-state index in [1.807, 2.05) is 42.5 Å². The molecule has 0 aromatic heterocycles. The zero-order chi connectivity index (χ0) is 15.3. The van der Waals surface area contributed by atoms with E-state index >= 15 is 0 Å². The maximum absolute atomic E-state index is 12.7. The van der Waals surface area contributed by atoms with Crippen LogP contribution in [0.4, 0.5) is 18.9 Å². The van der Waals surface area contributed by atoms with Gasteiger partial charge in [-0.15, -0.1) is 0 Å². The first-order valence-corrected chi connectivity index (χ1v) is 6.60. The molecule has 0 heterocycles. The maximum Gasteiger partial charge on any atom is 0.416 e. The van der Waals surface area contributed by atoms with E-state index in [1.165, 1.54) is 6.07 Å².